The van der Waals surface area contributed by atoms with Crippen LogP contribution in [0.1, 0.15) is 35.2 Å². The highest BCUT2D eigenvalue weighted by molar-refractivity contribution is 5.39. The van der Waals surface area contributed by atoms with E-state index in [0.717, 1.165) is 16.9 Å². The number of halogens is 1. The van der Waals surface area contributed by atoms with Crippen molar-refractivity contribution in [3.8, 4) is 5.75 Å². The summed E-state index contributed by atoms with van der Waals surface area (Å²) in [7, 11) is 1.68. The molecule has 0 aliphatic carbocycles. The van der Waals surface area contributed by atoms with Crippen molar-refractivity contribution in [3.63, 3.8) is 0 Å². The predicted molar refractivity (Wildman–Crippen MR) is 84.1 cm³/mol. The maximum Gasteiger partial charge on any atom is 0.126 e. The fraction of sp³-hybridized carbons (Fsp3) is 0.333. The highest BCUT2D eigenvalue weighted by Crippen LogP contribution is 2.26. The number of rotatable bonds is 5. The summed E-state index contributed by atoms with van der Waals surface area (Å²) in [5.41, 5.74) is 3.93. The third-order valence-electron chi connectivity index (χ3n) is 3.70. The van der Waals surface area contributed by atoms with Crippen LogP contribution in [0.25, 0.3) is 0 Å². The van der Waals surface area contributed by atoms with E-state index in [4.69, 9.17) is 4.74 Å². The lowest BCUT2D eigenvalue weighted by molar-refractivity contribution is 0.401. The molecule has 112 valence electrons. The van der Waals surface area contributed by atoms with Gasteiger partial charge in [-0.05, 0) is 44.0 Å². The summed E-state index contributed by atoms with van der Waals surface area (Å²) in [5.74, 6) is 0.714. The van der Waals surface area contributed by atoms with Crippen LogP contribution in [0, 0.1) is 19.7 Å². The number of ether oxygens (including phenoxy) is 1. The summed E-state index contributed by atoms with van der Waals surface area (Å²) in [5, 5.41) is 3.42. The van der Waals surface area contributed by atoms with Crippen molar-refractivity contribution < 1.29 is 9.13 Å². The van der Waals surface area contributed by atoms with E-state index in [2.05, 4.69) is 25.2 Å². The van der Waals surface area contributed by atoms with E-state index in [9.17, 15) is 4.39 Å². The molecule has 0 bridgehead atoms. The van der Waals surface area contributed by atoms with Gasteiger partial charge in [-0.3, -0.25) is 0 Å². The van der Waals surface area contributed by atoms with Crippen molar-refractivity contribution in [2.75, 3.05) is 7.11 Å². The largest absolute Gasteiger partial charge is 0.496 e. The lowest BCUT2D eigenvalue weighted by Crippen LogP contribution is -2.19. The van der Waals surface area contributed by atoms with Gasteiger partial charge in [0.1, 0.15) is 11.6 Å². The van der Waals surface area contributed by atoms with Gasteiger partial charge in [-0.1, -0.05) is 29.8 Å². The van der Waals surface area contributed by atoms with Gasteiger partial charge in [0.2, 0.25) is 0 Å². The number of hydrogen-bond acceptors (Lipinski definition) is 2. The molecule has 3 heteroatoms. The monoisotopic (exact) mass is 287 g/mol. The van der Waals surface area contributed by atoms with Crippen LogP contribution >= 0.6 is 0 Å². The first kappa shape index (κ1) is 15.5. The Bertz CT molecular complexity index is 625. The Kier molecular flexibility index (Phi) is 4.97. The number of hydrogen-bond donors (Lipinski definition) is 1. The van der Waals surface area contributed by atoms with Crippen molar-refractivity contribution in [1.29, 1.82) is 0 Å². The van der Waals surface area contributed by atoms with Gasteiger partial charge in [0.15, 0.2) is 0 Å². The van der Waals surface area contributed by atoms with Crippen LogP contribution in [-0.2, 0) is 6.54 Å². The third kappa shape index (κ3) is 3.82. The standard InChI is InChI=1S/C18H22FNO/c1-12-5-8-18(21-4)16(9-12)14(3)20-11-15-7-6-13(2)17(19)10-15/h5-10,14,20H,11H2,1-4H3. The summed E-state index contributed by atoms with van der Waals surface area (Å²) in [6.45, 7) is 6.54. The van der Waals surface area contributed by atoms with Crippen LogP contribution in [0.15, 0.2) is 36.4 Å². The molecule has 0 aliphatic rings. The second-order valence-corrected chi connectivity index (χ2v) is 5.43. The molecular formula is C18H22FNO. The Morgan fingerprint density at radius 3 is 2.57 bits per heavy atom. The van der Waals surface area contributed by atoms with E-state index >= 15 is 0 Å². The van der Waals surface area contributed by atoms with Crippen molar-refractivity contribution in [2.24, 2.45) is 0 Å². The SMILES string of the molecule is COc1ccc(C)cc1C(C)NCc1ccc(C)c(F)c1. The normalized spacial score (nSPS) is 12.2. The number of aryl methyl sites for hydroxylation is 2. The fourth-order valence-corrected chi connectivity index (χ4v) is 2.32. The lowest BCUT2D eigenvalue weighted by atomic mass is 10.0. The summed E-state index contributed by atoms with van der Waals surface area (Å²) in [6, 6.07) is 11.6. The van der Waals surface area contributed by atoms with Crippen molar-refractivity contribution in [1.82, 2.24) is 5.32 Å². The summed E-state index contributed by atoms with van der Waals surface area (Å²) in [4.78, 5) is 0. The van der Waals surface area contributed by atoms with Crippen LogP contribution in [0.3, 0.4) is 0 Å². The maximum absolute atomic E-state index is 13.6. The number of methoxy groups -OCH3 is 1. The van der Waals surface area contributed by atoms with Crippen LogP contribution in [-0.4, -0.2) is 7.11 Å². The minimum absolute atomic E-state index is 0.129. The minimum atomic E-state index is -0.157. The average Bonchev–Trinajstić information content (AvgIpc) is 2.48. The van der Waals surface area contributed by atoms with Crippen molar-refractivity contribution in [2.45, 2.75) is 33.4 Å². The highest BCUT2D eigenvalue weighted by atomic mass is 19.1. The van der Waals surface area contributed by atoms with E-state index < -0.39 is 0 Å². The number of nitrogens with one attached hydrogen (secondary N) is 1. The fourth-order valence-electron chi connectivity index (χ4n) is 2.32. The molecule has 0 radical (unpaired) electrons. The Morgan fingerprint density at radius 2 is 1.90 bits per heavy atom. The molecule has 2 nitrogen and oxygen atoms in total. The second kappa shape index (κ2) is 6.72. The highest BCUT2D eigenvalue weighted by Gasteiger charge is 2.11. The van der Waals surface area contributed by atoms with Crippen LogP contribution < -0.4 is 10.1 Å². The van der Waals surface area contributed by atoms with E-state index in [-0.39, 0.29) is 11.9 Å². The third-order valence-corrected chi connectivity index (χ3v) is 3.70. The molecule has 0 aromatic heterocycles. The Hall–Kier alpha value is -1.87. The van der Waals surface area contributed by atoms with Gasteiger partial charge < -0.3 is 10.1 Å². The molecule has 2 aromatic rings. The molecule has 1 unspecified atom stereocenters. The molecule has 0 aliphatic heterocycles. The molecule has 0 amide bonds. The lowest BCUT2D eigenvalue weighted by Gasteiger charge is -2.18. The zero-order valence-corrected chi connectivity index (χ0v) is 13.0. The van der Waals surface area contributed by atoms with Gasteiger partial charge in [-0.15, -0.1) is 0 Å². The zero-order chi connectivity index (χ0) is 15.4. The molecule has 0 saturated heterocycles. The van der Waals surface area contributed by atoms with Gasteiger partial charge in [0.25, 0.3) is 0 Å². The molecule has 2 rings (SSSR count). The van der Waals surface area contributed by atoms with E-state index in [1.54, 1.807) is 20.1 Å². The van der Waals surface area contributed by atoms with Crippen LogP contribution in [0.2, 0.25) is 0 Å². The topological polar surface area (TPSA) is 21.3 Å². The molecule has 0 saturated carbocycles. The van der Waals surface area contributed by atoms with Gasteiger partial charge in [0.05, 0.1) is 7.11 Å². The van der Waals surface area contributed by atoms with E-state index in [1.165, 1.54) is 5.56 Å². The Balaban J connectivity index is 2.09. The van der Waals surface area contributed by atoms with E-state index in [0.29, 0.717) is 12.1 Å². The second-order valence-electron chi connectivity index (χ2n) is 5.43. The molecule has 21 heavy (non-hydrogen) atoms. The molecule has 1 atom stereocenters. The predicted octanol–water partition coefficient (Wildman–Crippen LogP) is 4.30. The molecule has 0 heterocycles. The summed E-state index contributed by atoms with van der Waals surface area (Å²) >= 11 is 0. The van der Waals surface area contributed by atoms with Gasteiger partial charge in [0, 0.05) is 18.2 Å². The quantitative estimate of drug-likeness (QED) is 0.885. The van der Waals surface area contributed by atoms with Gasteiger partial charge in [-0.25, -0.2) is 4.39 Å². The Morgan fingerprint density at radius 1 is 1.14 bits per heavy atom. The zero-order valence-electron chi connectivity index (χ0n) is 13.0. The molecule has 2 aromatic carbocycles. The average molecular weight is 287 g/mol. The van der Waals surface area contributed by atoms with Crippen molar-refractivity contribution in [3.05, 3.63) is 64.5 Å². The van der Waals surface area contributed by atoms with Gasteiger partial charge >= 0.3 is 0 Å². The summed E-state index contributed by atoms with van der Waals surface area (Å²) in [6.07, 6.45) is 0. The van der Waals surface area contributed by atoms with E-state index in [1.807, 2.05) is 24.3 Å². The maximum atomic E-state index is 13.6. The minimum Gasteiger partial charge on any atom is -0.496 e. The van der Waals surface area contributed by atoms with Crippen LogP contribution in [0.5, 0.6) is 5.75 Å². The molecule has 1 N–H and O–H groups in total. The Labute approximate surface area is 126 Å². The molecule has 0 fully saturated rings. The first-order chi connectivity index (χ1) is 10.0. The van der Waals surface area contributed by atoms with Crippen LogP contribution in [0.4, 0.5) is 4.39 Å². The number of benzene rings is 2. The molecular weight excluding hydrogens is 265 g/mol. The van der Waals surface area contributed by atoms with Crippen molar-refractivity contribution >= 4 is 0 Å². The molecule has 0 spiro atoms. The van der Waals surface area contributed by atoms with Gasteiger partial charge in [-0.2, -0.15) is 0 Å². The first-order valence-corrected chi connectivity index (χ1v) is 7.14. The smallest absolute Gasteiger partial charge is 0.126 e. The first-order valence-electron chi connectivity index (χ1n) is 7.14. The summed E-state index contributed by atoms with van der Waals surface area (Å²) < 4.78 is 19.0.